The monoisotopic (exact) mass is 259 g/mol. The number of hydrogen-bond donors (Lipinski definition) is 2. The summed E-state index contributed by atoms with van der Waals surface area (Å²) >= 11 is 0. The van der Waals surface area contributed by atoms with Crippen LogP contribution in [0.3, 0.4) is 0 Å². The van der Waals surface area contributed by atoms with E-state index >= 15 is 0 Å². The molecular weight excluding hydrogens is 238 g/mol. The van der Waals surface area contributed by atoms with Gasteiger partial charge in [-0.05, 0) is 36.8 Å². The highest BCUT2D eigenvalue weighted by Gasteiger charge is 2.33. The molecule has 0 unspecified atom stereocenters. The molecule has 0 heterocycles. The smallest absolute Gasteiger partial charge is 0.223 e. The number of carbonyl (C=O) groups excluding carboxylic acids is 1. The van der Waals surface area contributed by atoms with Crippen LogP contribution in [0.25, 0.3) is 0 Å². The topological polar surface area (TPSA) is 49.3 Å². The van der Waals surface area contributed by atoms with E-state index in [-0.39, 0.29) is 11.8 Å². The van der Waals surface area contributed by atoms with Crippen molar-refractivity contribution >= 4 is 5.91 Å². The van der Waals surface area contributed by atoms with Gasteiger partial charge < -0.3 is 10.4 Å². The summed E-state index contributed by atoms with van der Waals surface area (Å²) in [6, 6.07) is 8.26. The lowest BCUT2D eigenvalue weighted by atomic mass is 10.0. The lowest BCUT2D eigenvalue weighted by molar-refractivity contribution is -0.125. The van der Waals surface area contributed by atoms with Crippen LogP contribution in [0.15, 0.2) is 24.3 Å². The SMILES string of the molecule is O=C(NCC1(O)CCCC1)C1Cc2ccccc2C1. The van der Waals surface area contributed by atoms with Crippen LogP contribution in [0, 0.1) is 5.92 Å². The molecule has 1 saturated carbocycles. The van der Waals surface area contributed by atoms with Crippen molar-refractivity contribution in [1.29, 1.82) is 0 Å². The van der Waals surface area contributed by atoms with Crippen molar-refractivity contribution in [2.24, 2.45) is 5.92 Å². The lowest BCUT2D eigenvalue weighted by Gasteiger charge is -2.23. The van der Waals surface area contributed by atoms with Crippen LogP contribution in [0.4, 0.5) is 0 Å². The molecule has 1 aromatic carbocycles. The van der Waals surface area contributed by atoms with E-state index < -0.39 is 5.60 Å². The highest BCUT2D eigenvalue weighted by molar-refractivity contribution is 5.80. The van der Waals surface area contributed by atoms with Crippen LogP contribution in [0.2, 0.25) is 0 Å². The largest absolute Gasteiger partial charge is 0.388 e. The van der Waals surface area contributed by atoms with Crippen LogP contribution in [0.5, 0.6) is 0 Å². The lowest BCUT2D eigenvalue weighted by Crippen LogP contribution is -2.43. The maximum atomic E-state index is 12.2. The average molecular weight is 259 g/mol. The summed E-state index contributed by atoms with van der Waals surface area (Å²) in [5.74, 6) is 0.138. The second kappa shape index (κ2) is 4.97. The third kappa shape index (κ3) is 2.66. The second-order valence-corrected chi connectivity index (χ2v) is 6.02. The summed E-state index contributed by atoms with van der Waals surface area (Å²) in [4.78, 5) is 12.2. The van der Waals surface area contributed by atoms with Gasteiger partial charge in [-0.25, -0.2) is 0 Å². The maximum Gasteiger partial charge on any atom is 0.223 e. The first-order chi connectivity index (χ1) is 9.16. The summed E-state index contributed by atoms with van der Waals surface area (Å²) in [6.45, 7) is 0.415. The van der Waals surface area contributed by atoms with Gasteiger partial charge in [0.15, 0.2) is 0 Å². The predicted octanol–water partition coefficient (Wildman–Crippen LogP) is 1.82. The van der Waals surface area contributed by atoms with E-state index in [2.05, 4.69) is 17.4 Å². The predicted molar refractivity (Wildman–Crippen MR) is 73.8 cm³/mol. The molecule has 3 nitrogen and oxygen atoms in total. The molecule has 2 aliphatic carbocycles. The molecule has 0 spiro atoms. The Bertz CT molecular complexity index is 452. The normalized spacial score (nSPS) is 21.3. The van der Waals surface area contributed by atoms with Crippen LogP contribution >= 0.6 is 0 Å². The Kier molecular flexibility index (Phi) is 3.31. The molecule has 1 fully saturated rings. The molecule has 19 heavy (non-hydrogen) atoms. The molecule has 3 rings (SSSR count). The highest BCUT2D eigenvalue weighted by Crippen LogP contribution is 2.29. The first-order valence-corrected chi connectivity index (χ1v) is 7.23. The number of aliphatic hydroxyl groups is 1. The van der Waals surface area contributed by atoms with Crippen molar-refractivity contribution in [3.05, 3.63) is 35.4 Å². The molecular formula is C16H21NO2. The van der Waals surface area contributed by atoms with Gasteiger partial charge in [0.2, 0.25) is 5.91 Å². The van der Waals surface area contributed by atoms with E-state index in [1.807, 2.05) is 12.1 Å². The molecule has 2 aliphatic rings. The van der Waals surface area contributed by atoms with Crippen molar-refractivity contribution in [3.8, 4) is 0 Å². The van der Waals surface area contributed by atoms with Crippen molar-refractivity contribution < 1.29 is 9.90 Å². The Labute approximate surface area is 114 Å². The summed E-state index contributed by atoms with van der Waals surface area (Å²) < 4.78 is 0. The summed E-state index contributed by atoms with van der Waals surface area (Å²) in [5.41, 5.74) is 1.94. The van der Waals surface area contributed by atoms with E-state index in [1.54, 1.807) is 0 Å². The van der Waals surface area contributed by atoms with Gasteiger partial charge in [-0.15, -0.1) is 0 Å². The number of fused-ring (bicyclic) bond motifs is 1. The number of amides is 1. The van der Waals surface area contributed by atoms with Gasteiger partial charge in [-0.3, -0.25) is 4.79 Å². The molecule has 102 valence electrons. The minimum atomic E-state index is -0.652. The average Bonchev–Trinajstić information content (AvgIpc) is 3.02. The van der Waals surface area contributed by atoms with Crippen molar-refractivity contribution in [1.82, 2.24) is 5.32 Å². The van der Waals surface area contributed by atoms with Crippen LogP contribution in [0.1, 0.15) is 36.8 Å². The molecule has 0 bridgehead atoms. The van der Waals surface area contributed by atoms with Crippen molar-refractivity contribution in [2.45, 2.75) is 44.1 Å². The second-order valence-electron chi connectivity index (χ2n) is 6.02. The maximum absolute atomic E-state index is 12.2. The number of hydrogen-bond acceptors (Lipinski definition) is 2. The van der Waals surface area contributed by atoms with Gasteiger partial charge in [-0.1, -0.05) is 37.1 Å². The number of benzene rings is 1. The summed E-state index contributed by atoms with van der Waals surface area (Å²) in [5, 5.41) is 13.2. The minimum Gasteiger partial charge on any atom is -0.388 e. The molecule has 0 aromatic heterocycles. The molecule has 0 aliphatic heterocycles. The van der Waals surface area contributed by atoms with Crippen LogP contribution < -0.4 is 5.32 Å². The molecule has 0 saturated heterocycles. The number of rotatable bonds is 3. The third-order valence-electron chi connectivity index (χ3n) is 4.55. The Balaban J connectivity index is 1.55. The third-order valence-corrected chi connectivity index (χ3v) is 4.55. The fourth-order valence-electron chi connectivity index (χ4n) is 3.35. The Morgan fingerprint density at radius 3 is 2.37 bits per heavy atom. The van der Waals surface area contributed by atoms with E-state index in [9.17, 15) is 9.90 Å². The Morgan fingerprint density at radius 2 is 1.79 bits per heavy atom. The highest BCUT2D eigenvalue weighted by atomic mass is 16.3. The zero-order valence-corrected chi connectivity index (χ0v) is 11.2. The minimum absolute atomic E-state index is 0.0439. The van der Waals surface area contributed by atoms with E-state index in [0.717, 1.165) is 38.5 Å². The quantitative estimate of drug-likeness (QED) is 0.870. The zero-order valence-electron chi connectivity index (χ0n) is 11.2. The Hall–Kier alpha value is -1.35. The summed E-state index contributed by atoms with van der Waals surface area (Å²) in [6.07, 6.45) is 5.44. The first kappa shape index (κ1) is 12.7. The van der Waals surface area contributed by atoms with Gasteiger partial charge in [-0.2, -0.15) is 0 Å². The van der Waals surface area contributed by atoms with Gasteiger partial charge in [0.1, 0.15) is 0 Å². The van der Waals surface area contributed by atoms with E-state index in [4.69, 9.17) is 0 Å². The standard InChI is InChI=1S/C16H21NO2/c18-15(17-11-16(19)7-3-4-8-16)14-9-12-5-1-2-6-13(12)10-14/h1-2,5-6,14,19H,3-4,7-11H2,(H,17,18). The molecule has 1 amide bonds. The molecule has 2 N–H and O–H groups in total. The molecule has 1 aromatic rings. The van der Waals surface area contributed by atoms with Crippen molar-refractivity contribution in [3.63, 3.8) is 0 Å². The molecule has 0 radical (unpaired) electrons. The van der Waals surface area contributed by atoms with Crippen molar-refractivity contribution in [2.75, 3.05) is 6.54 Å². The van der Waals surface area contributed by atoms with Gasteiger partial charge in [0, 0.05) is 12.5 Å². The number of carbonyl (C=O) groups is 1. The van der Waals surface area contributed by atoms with Gasteiger partial charge in [0.25, 0.3) is 0 Å². The fraction of sp³-hybridized carbons (Fsp3) is 0.562. The number of nitrogens with one attached hydrogen (secondary N) is 1. The molecule has 3 heteroatoms. The van der Waals surface area contributed by atoms with Crippen LogP contribution in [-0.4, -0.2) is 23.2 Å². The molecule has 0 atom stereocenters. The van der Waals surface area contributed by atoms with E-state index in [0.29, 0.717) is 6.54 Å². The van der Waals surface area contributed by atoms with Gasteiger partial charge in [0.05, 0.1) is 5.60 Å². The fourth-order valence-corrected chi connectivity index (χ4v) is 3.35. The van der Waals surface area contributed by atoms with Crippen LogP contribution in [-0.2, 0) is 17.6 Å². The van der Waals surface area contributed by atoms with E-state index in [1.165, 1.54) is 11.1 Å². The van der Waals surface area contributed by atoms with Gasteiger partial charge >= 0.3 is 0 Å². The Morgan fingerprint density at radius 1 is 1.21 bits per heavy atom. The summed E-state index contributed by atoms with van der Waals surface area (Å²) in [7, 11) is 0. The zero-order chi connectivity index (χ0) is 13.3. The first-order valence-electron chi connectivity index (χ1n) is 7.23.